The van der Waals surface area contributed by atoms with E-state index < -0.39 is 0 Å². The van der Waals surface area contributed by atoms with Crippen molar-refractivity contribution in [2.45, 2.75) is 33.6 Å². The van der Waals surface area contributed by atoms with E-state index in [9.17, 15) is 9.18 Å². The van der Waals surface area contributed by atoms with Crippen molar-refractivity contribution in [3.63, 3.8) is 0 Å². The number of para-hydroxylation sites is 1. The Balaban J connectivity index is 1.50. The maximum atomic E-state index is 13.4. The van der Waals surface area contributed by atoms with Gasteiger partial charge in [-0.2, -0.15) is 10.1 Å². The van der Waals surface area contributed by atoms with E-state index in [0.29, 0.717) is 27.8 Å². The van der Waals surface area contributed by atoms with E-state index >= 15 is 0 Å². The lowest BCUT2D eigenvalue weighted by atomic mass is 10.1. The SMILES string of the molecule is Cc1cccc(-c2nc(C(C)C)no2)c1NC(=O)c1cc2c(C)nn(-c3ccc(F)cc3)c2s1. The van der Waals surface area contributed by atoms with Gasteiger partial charge in [-0.1, -0.05) is 31.1 Å². The molecule has 172 valence electrons. The Morgan fingerprint density at radius 2 is 1.91 bits per heavy atom. The van der Waals surface area contributed by atoms with Crippen molar-refractivity contribution < 1.29 is 13.7 Å². The van der Waals surface area contributed by atoms with Gasteiger partial charge in [0.2, 0.25) is 0 Å². The fraction of sp³-hybridized carbons (Fsp3) is 0.200. The minimum Gasteiger partial charge on any atom is -0.334 e. The molecule has 0 unspecified atom stereocenters. The number of fused-ring (bicyclic) bond motifs is 1. The summed E-state index contributed by atoms with van der Waals surface area (Å²) in [6, 6.07) is 13.6. The fourth-order valence-corrected chi connectivity index (χ4v) is 4.76. The number of hydrogen-bond donors (Lipinski definition) is 1. The first-order chi connectivity index (χ1) is 16.3. The predicted octanol–water partition coefficient (Wildman–Crippen LogP) is 6.27. The number of benzene rings is 2. The highest BCUT2D eigenvalue weighted by atomic mass is 32.1. The number of thiophene rings is 1. The van der Waals surface area contributed by atoms with Crippen LogP contribution in [0.4, 0.5) is 10.1 Å². The number of aromatic nitrogens is 4. The van der Waals surface area contributed by atoms with Gasteiger partial charge >= 0.3 is 0 Å². The number of halogens is 1. The van der Waals surface area contributed by atoms with Gasteiger partial charge < -0.3 is 9.84 Å². The maximum absolute atomic E-state index is 13.4. The molecule has 0 radical (unpaired) electrons. The third-order valence-corrected chi connectivity index (χ3v) is 6.65. The van der Waals surface area contributed by atoms with E-state index in [1.807, 2.05) is 52.0 Å². The van der Waals surface area contributed by atoms with Crippen molar-refractivity contribution in [2.24, 2.45) is 0 Å². The van der Waals surface area contributed by atoms with Gasteiger partial charge in [0.15, 0.2) is 5.82 Å². The predicted molar refractivity (Wildman–Crippen MR) is 130 cm³/mol. The van der Waals surface area contributed by atoms with Crippen LogP contribution in [-0.4, -0.2) is 25.8 Å². The number of carbonyl (C=O) groups is 1. The molecule has 0 aliphatic carbocycles. The van der Waals surface area contributed by atoms with Gasteiger partial charge in [0, 0.05) is 11.3 Å². The first-order valence-corrected chi connectivity index (χ1v) is 11.6. The normalized spacial score (nSPS) is 11.5. The molecule has 34 heavy (non-hydrogen) atoms. The molecule has 2 aromatic carbocycles. The third kappa shape index (κ3) is 3.88. The van der Waals surface area contributed by atoms with Gasteiger partial charge in [0.25, 0.3) is 11.8 Å². The van der Waals surface area contributed by atoms with E-state index in [4.69, 9.17) is 4.52 Å². The zero-order valence-electron chi connectivity index (χ0n) is 19.1. The standard InChI is InChI=1S/C25H22FN5O2S/c1-13(2)22-28-24(33-30-22)18-7-5-6-14(3)21(18)27-23(32)20-12-19-15(4)29-31(25(19)34-20)17-10-8-16(26)9-11-17/h5-13H,1-4H3,(H,27,32). The van der Waals surface area contributed by atoms with Gasteiger partial charge in [-0.3, -0.25) is 4.79 Å². The minimum atomic E-state index is -0.314. The Morgan fingerprint density at radius 3 is 2.62 bits per heavy atom. The van der Waals surface area contributed by atoms with Crippen molar-refractivity contribution in [3.05, 3.63) is 76.3 Å². The Bertz CT molecular complexity index is 1510. The van der Waals surface area contributed by atoms with Crippen molar-refractivity contribution in [2.75, 3.05) is 5.32 Å². The Labute approximate surface area is 199 Å². The average molecular weight is 476 g/mol. The molecule has 3 heterocycles. The van der Waals surface area contributed by atoms with Gasteiger partial charge in [0.05, 0.1) is 27.5 Å². The molecule has 0 atom stereocenters. The summed E-state index contributed by atoms with van der Waals surface area (Å²) in [5, 5.41) is 12.5. The quantitative estimate of drug-likeness (QED) is 0.324. The molecule has 1 amide bonds. The lowest BCUT2D eigenvalue weighted by Gasteiger charge is -2.11. The number of anilines is 1. The summed E-state index contributed by atoms with van der Waals surface area (Å²) in [5.74, 6) is 0.542. The Kier molecular flexibility index (Phi) is 5.49. The molecule has 5 aromatic rings. The van der Waals surface area contributed by atoms with Crippen molar-refractivity contribution in [1.29, 1.82) is 0 Å². The van der Waals surface area contributed by atoms with E-state index in [2.05, 4.69) is 20.6 Å². The molecule has 9 heteroatoms. The first kappa shape index (κ1) is 22.0. The Morgan fingerprint density at radius 1 is 1.15 bits per heavy atom. The van der Waals surface area contributed by atoms with Crippen molar-refractivity contribution >= 4 is 33.1 Å². The van der Waals surface area contributed by atoms with E-state index in [0.717, 1.165) is 27.2 Å². The second kappa shape index (κ2) is 8.49. The van der Waals surface area contributed by atoms with Gasteiger partial charge in [-0.15, -0.1) is 11.3 Å². The van der Waals surface area contributed by atoms with Gasteiger partial charge in [-0.05, 0) is 55.8 Å². The molecule has 0 bridgehead atoms. The summed E-state index contributed by atoms with van der Waals surface area (Å²) in [7, 11) is 0. The van der Waals surface area contributed by atoms with Gasteiger partial charge in [0.1, 0.15) is 10.6 Å². The number of carbonyl (C=O) groups excluding carboxylic acids is 1. The number of aryl methyl sites for hydroxylation is 2. The third-order valence-electron chi connectivity index (χ3n) is 5.54. The molecule has 5 rings (SSSR count). The minimum absolute atomic E-state index is 0.128. The number of amides is 1. The van der Waals surface area contributed by atoms with E-state index in [1.54, 1.807) is 16.8 Å². The summed E-state index contributed by atoms with van der Waals surface area (Å²) in [5.41, 5.74) is 3.69. The molecule has 0 fully saturated rings. The Hall–Kier alpha value is -3.85. The fourth-order valence-electron chi connectivity index (χ4n) is 3.68. The highest BCUT2D eigenvalue weighted by molar-refractivity contribution is 7.20. The van der Waals surface area contributed by atoms with Crippen LogP contribution in [0.5, 0.6) is 0 Å². The molecule has 0 saturated carbocycles. The van der Waals surface area contributed by atoms with Crippen molar-refractivity contribution in [3.8, 4) is 17.1 Å². The highest BCUT2D eigenvalue weighted by Crippen LogP contribution is 2.34. The molecule has 0 aliphatic rings. The number of nitrogens with one attached hydrogen (secondary N) is 1. The van der Waals surface area contributed by atoms with Crippen LogP contribution >= 0.6 is 11.3 Å². The van der Waals surface area contributed by atoms with Crippen LogP contribution in [0.15, 0.2) is 53.1 Å². The molecule has 0 aliphatic heterocycles. The van der Waals surface area contributed by atoms with Crippen LogP contribution in [0.25, 0.3) is 27.4 Å². The summed E-state index contributed by atoms with van der Waals surface area (Å²) in [6.07, 6.45) is 0. The topological polar surface area (TPSA) is 85.8 Å². The molecular weight excluding hydrogens is 453 g/mol. The van der Waals surface area contributed by atoms with Crippen LogP contribution in [0, 0.1) is 19.7 Å². The van der Waals surface area contributed by atoms with E-state index in [-0.39, 0.29) is 17.6 Å². The number of nitrogens with zero attached hydrogens (tertiary/aromatic N) is 4. The molecule has 7 nitrogen and oxygen atoms in total. The molecular formula is C25H22FN5O2S. The summed E-state index contributed by atoms with van der Waals surface area (Å²) >= 11 is 1.33. The molecule has 0 spiro atoms. The smallest absolute Gasteiger partial charge is 0.265 e. The van der Waals surface area contributed by atoms with Gasteiger partial charge in [-0.25, -0.2) is 9.07 Å². The lowest BCUT2D eigenvalue weighted by molar-refractivity contribution is 0.103. The summed E-state index contributed by atoms with van der Waals surface area (Å²) in [6.45, 7) is 7.78. The zero-order chi connectivity index (χ0) is 24.0. The number of rotatable bonds is 5. The van der Waals surface area contributed by atoms with Crippen molar-refractivity contribution in [1.82, 2.24) is 19.9 Å². The summed E-state index contributed by atoms with van der Waals surface area (Å²) < 4.78 is 20.6. The van der Waals surface area contributed by atoms with E-state index in [1.165, 1.54) is 23.5 Å². The molecule has 3 aromatic heterocycles. The monoisotopic (exact) mass is 475 g/mol. The second-order valence-corrected chi connectivity index (χ2v) is 9.40. The largest absolute Gasteiger partial charge is 0.334 e. The lowest BCUT2D eigenvalue weighted by Crippen LogP contribution is -2.12. The van der Waals surface area contributed by atoms with Crippen LogP contribution in [0.1, 0.15) is 46.5 Å². The molecule has 1 N–H and O–H groups in total. The maximum Gasteiger partial charge on any atom is 0.265 e. The summed E-state index contributed by atoms with van der Waals surface area (Å²) in [4.78, 5) is 19.1. The van der Waals surface area contributed by atoms with Crippen LogP contribution in [0.3, 0.4) is 0 Å². The number of hydrogen-bond acceptors (Lipinski definition) is 6. The zero-order valence-corrected chi connectivity index (χ0v) is 19.9. The van der Waals surface area contributed by atoms with Crippen LogP contribution in [-0.2, 0) is 0 Å². The first-order valence-electron chi connectivity index (χ1n) is 10.8. The molecule has 0 saturated heterocycles. The van der Waals surface area contributed by atoms with Crippen LogP contribution in [0.2, 0.25) is 0 Å². The second-order valence-electron chi connectivity index (χ2n) is 8.37. The van der Waals surface area contributed by atoms with Crippen LogP contribution < -0.4 is 5.32 Å². The highest BCUT2D eigenvalue weighted by Gasteiger charge is 2.21. The average Bonchev–Trinajstić information content (AvgIpc) is 3.53.